The van der Waals surface area contributed by atoms with E-state index in [0.717, 1.165) is 25.7 Å². The van der Waals surface area contributed by atoms with E-state index in [1.54, 1.807) is 18.2 Å². The minimum absolute atomic E-state index is 0.0341. The normalized spacial score (nSPS) is 17.2. The van der Waals surface area contributed by atoms with Gasteiger partial charge in [0.2, 0.25) is 5.91 Å². The van der Waals surface area contributed by atoms with E-state index in [-0.39, 0.29) is 29.7 Å². The second kappa shape index (κ2) is 8.14. The minimum Gasteiger partial charge on any atom is -0.349 e. The van der Waals surface area contributed by atoms with Gasteiger partial charge in [0.15, 0.2) is 0 Å². The third kappa shape index (κ3) is 4.42. The van der Waals surface area contributed by atoms with E-state index in [9.17, 15) is 14.4 Å². The van der Waals surface area contributed by atoms with E-state index >= 15 is 0 Å². The van der Waals surface area contributed by atoms with E-state index < -0.39 is 0 Å². The molecule has 0 unspecified atom stereocenters. The first-order valence-corrected chi connectivity index (χ1v) is 10.6. The van der Waals surface area contributed by atoms with Gasteiger partial charge in [-0.2, -0.15) is 11.3 Å². The number of anilines is 1. The topological polar surface area (TPSA) is 78.5 Å². The molecule has 4 rings (SSSR count). The number of likely N-dealkylation sites (tertiary alicyclic amines) is 1. The van der Waals surface area contributed by atoms with Gasteiger partial charge < -0.3 is 15.5 Å². The van der Waals surface area contributed by atoms with Gasteiger partial charge in [0, 0.05) is 47.2 Å². The zero-order valence-electron chi connectivity index (χ0n) is 15.5. The molecular weight excluding hydrogens is 374 g/mol. The fraction of sp³-hybridized carbons (Fsp3) is 0.381. The Morgan fingerprint density at radius 2 is 1.79 bits per heavy atom. The third-order valence-electron chi connectivity index (χ3n) is 5.23. The molecule has 3 amide bonds. The molecular formula is C21H23N3O3S. The number of carbonyl (C=O) groups excluding carboxylic acids is 3. The first kappa shape index (κ1) is 18.7. The van der Waals surface area contributed by atoms with Crippen molar-refractivity contribution in [2.75, 3.05) is 18.4 Å². The van der Waals surface area contributed by atoms with E-state index in [0.29, 0.717) is 29.9 Å². The lowest BCUT2D eigenvalue weighted by molar-refractivity contribution is -0.117. The van der Waals surface area contributed by atoms with E-state index in [2.05, 4.69) is 10.6 Å². The summed E-state index contributed by atoms with van der Waals surface area (Å²) in [5.41, 5.74) is 1.93. The molecule has 1 aromatic heterocycles. The Bertz CT molecular complexity index is 869. The predicted molar refractivity (Wildman–Crippen MR) is 109 cm³/mol. The average molecular weight is 398 g/mol. The van der Waals surface area contributed by atoms with Crippen molar-refractivity contribution in [2.45, 2.75) is 31.7 Å². The first-order valence-electron chi connectivity index (χ1n) is 9.63. The van der Waals surface area contributed by atoms with Gasteiger partial charge in [0.05, 0.1) is 0 Å². The minimum atomic E-state index is -0.0508. The van der Waals surface area contributed by atoms with Crippen molar-refractivity contribution >= 4 is 34.7 Å². The van der Waals surface area contributed by atoms with Gasteiger partial charge in [-0.25, -0.2) is 0 Å². The highest BCUT2D eigenvalue weighted by molar-refractivity contribution is 7.08. The van der Waals surface area contributed by atoms with Crippen LogP contribution in [0.1, 0.15) is 46.4 Å². The first-order chi connectivity index (χ1) is 13.6. The Morgan fingerprint density at radius 3 is 2.46 bits per heavy atom. The van der Waals surface area contributed by atoms with Crippen LogP contribution in [0, 0.1) is 5.92 Å². The van der Waals surface area contributed by atoms with E-state index in [4.69, 9.17) is 0 Å². The van der Waals surface area contributed by atoms with Crippen molar-refractivity contribution in [2.24, 2.45) is 5.92 Å². The summed E-state index contributed by atoms with van der Waals surface area (Å²) in [4.78, 5) is 38.7. The molecule has 7 heteroatoms. The number of nitrogens with one attached hydrogen (secondary N) is 2. The van der Waals surface area contributed by atoms with Gasteiger partial charge in [-0.1, -0.05) is 6.07 Å². The number of nitrogens with zero attached hydrogens (tertiary/aromatic N) is 1. The van der Waals surface area contributed by atoms with Crippen LogP contribution in [0.3, 0.4) is 0 Å². The molecule has 146 valence electrons. The molecule has 2 N–H and O–H groups in total. The molecule has 2 aliphatic rings. The SMILES string of the molecule is O=C(NC1CCN(C(=O)c2cccc(NC(=O)C3CC3)c2)CC1)c1ccsc1. The highest BCUT2D eigenvalue weighted by atomic mass is 32.1. The van der Waals surface area contributed by atoms with Gasteiger partial charge >= 0.3 is 0 Å². The van der Waals surface area contributed by atoms with Crippen LogP contribution in [0.2, 0.25) is 0 Å². The summed E-state index contributed by atoms with van der Waals surface area (Å²) in [5.74, 6) is 0.0738. The number of piperidine rings is 1. The smallest absolute Gasteiger partial charge is 0.253 e. The number of benzene rings is 1. The molecule has 1 aromatic carbocycles. The van der Waals surface area contributed by atoms with Crippen molar-refractivity contribution in [3.63, 3.8) is 0 Å². The van der Waals surface area contributed by atoms with Crippen LogP contribution in [-0.4, -0.2) is 41.8 Å². The Balaban J connectivity index is 1.31. The van der Waals surface area contributed by atoms with Gasteiger partial charge in [0.25, 0.3) is 11.8 Å². The molecule has 1 saturated heterocycles. The van der Waals surface area contributed by atoms with Crippen molar-refractivity contribution < 1.29 is 14.4 Å². The van der Waals surface area contributed by atoms with Crippen LogP contribution >= 0.6 is 11.3 Å². The van der Waals surface area contributed by atoms with Gasteiger partial charge in [-0.3, -0.25) is 14.4 Å². The molecule has 1 saturated carbocycles. The predicted octanol–water partition coefficient (Wildman–Crippen LogP) is 3.13. The molecule has 0 bridgehead atoms. The van der Waals surface area contributed by atoms with Crippen LogP contribution < -0.4 is 10.6 Å². The monoisotopic (exact) mass is 397 g/mol. The lowest BCUT2D eigenvalue weighted by Gasteiger charge is -2.32. The Hall–Kier alpha value is -2.67. The quantitative estimate of drug-likeness (QED) is 0.814. The second-order valence-electron chi connectivity index (χ2n) is 7.40. The van der Waals surface area contributed by atoms with Gasteiger partial charge in [-0.05, 0) is 55.3 Å². The van der Waals surface area contributed by atoms with Crippen molar-refractivity contribution in [3.8, 4) is 0 Å². The fourth-order valence-electron chi connectivity index (χ4n) is 3.39. The number of carbonyl (C=O) groups is 3. The summed E-state index contributed by atoms with van der Waals surface area (Å²) < 4.78 is 0. The van der Waals surface area contributed by atoms with Crippen molar-refractivity contribution in [3.05, 3.63) is 52.2 Å². The maximum Gasteiger partial charge on any atom is 0.253 e. The number of thiophene rings is 1. The molecule has 2 fully saturated rings. The third-order valence-corrected chi connectivity index (χ3v) is 5.91. The molecule has 1 aliphatic carbocycles. The van der Waals surface area contributed by atoms with E-state index in [1.807, 2.05) is 27.8 Å². The largest absolute Gasteiger partial charge is 0.349 e. The zero-order valence-corrected chi connectivity index (χ0v) is 16.3. The van der Waals surface area contributed by atoms with Crippen LogP contribution in [0.5, 0.6) is 0 Å². The Morgan fingerprint density at radius 1 is 1.00 bits per heavy atom. The van der Waals surface area contributed by atoms with Crippen molar-refractivity contribution in [1.82, 2.24) is 10.2 Å². The van der Waals surface area contributed by atoms with Gasteiger partial charge in [-0.15, -0.1) is 0 Å². The molecule has 2 aromatic rings. The number of hydrogen-bond donors (Lipinski definition) is 2. The molecule has 2 heterocycles. The highest BCUT2D eigenvalue weighted by Crippen LogP contribution is 2.30. The average Bonchev–Trinajstić information content (AvgIpc) is 3.42. The van der Waals surface area contributed by atoms with Gasteiger partial charge in [0.1, 0.15) is 0 Å². The summed E-state index contributed by atoms with van der Waals surface area (Å²) >= 11 is 1.50. The second-order valence-corrected chi connectivity index (χ2v) is 8.18. The standard InChI is InChI=1S/C21H23N3O3S/c25-19(14-4-5-14)23-18-3-1-2-15(12-18)21(27)24-9-6-17(7-10-24)22-20(26)16-8-11-28-13-16/h1-3,8,11-14,17H,4-7,9-10H2,(H,22,26)(H,23,25). The maximum atomic E-state index is 12.8. The maximum absolute atomic E-state index is 12.8. The molecule has 0 atom stereocenters. The van der Waals surface area contributed by atoms with Crippen LogP contribution in [0.4, 0.5) is 5.69 Å². The lowest BCUT2D eigenvalue weighted by Crippen LogP contribution is -2.46. The number of rotatable bonds is 5. The molecule has 0 spiro atoms. The highest BCUT2D eigenvalue weighted by Gasteiger charge is 2.30. The number of amides is 3. The summed E-state index contributed by atoms with van der Waals surface area (Å²) in [6, 6.07) is 9.02. The summed E-state index contributed by atoms with van der Waals surface area (Å²) in [6.07, 6.45) is 3.37. The Labute approximate surface area is 167 Å². The summed E-state index contributed by atoms with van der Waals surface area (Å²) in [7, 11) is 0. The van der Waals surface area contributed by atoms with Crippen LogP contribution in [-0.2, 0) is 4.79 Å². The van der Waals surface area contributed by atoms with Crippen LogP contribution in [0.25, 0.3) is 0 Å². The van der Waals surface area contributed by atoms with Crippen LogP contribution in [0.15, 0.2) is 41.1 Å². The van der Waals surface area contributed by atoms with E-state index in [1.165, 1.54) is 11.3 Å². The number of hydrogen-bond acceptors (Lipinski definition) is 4. The summed E-state index contributed by atoms with van der Waals surface area (Å²) in [5, 5.41) is 9.66. The molecule has 6 nitrogen and oxygen atoms in total. The molecule has 28 heavy (non-hydrogen) atoms. The molecule has 0 radical (unpaired) electrons. The van der Waals surface area contributed by atoms with Crippen molar-refractivity contribution in [1.29, 1.82) is 0 Å². The fourth-order valence-corrected chi connectivity index (χ4v) is 4.03. The summed E-state index contributed by atoms with van der Waals surface area (Å²) in [6.45, 7) is 1.21. The Kier molecular flexibility index (Phi) is 5.43. The zero-order chi connectivity index (χ0) is 19.5. The lowest BCUT2D eigenvalue weighted by atomic mass is 10.0. The molecule has 1 aliphatic heterocycles.